The standard InChI is InChI=1S/C32H31N3O5S/c1-23-12-11-17-26(20-23)41(38,39)34-28-21-27-29(22-30(28)40-19-10-4-9-18-31(36)37)35(25-15-7-3-8-16-25)32(33-27)24-13-5-2-6-14-24/h2-3,5-8,11-17,20-22,34H,4,9-10,18-19H2,1H3,(H,36,37). The van der Waals surface area contributed by atoms with Crippen LogP contribution in [0.25, 0.3) is 28.1 Å². The number of hydrogen-bond donors (Lipinski definition) is 2. The van der Waals surface area contributed by atoms with Gasteiger partial charge in [0, 0.05) is 23.7 Å². The number of para-hydroxylation sites is 1. The molecule has 0 spiro atoms. The monoisotopic (exact) mass is 569 g/mol. The smallest absolute Gasteiger partial charge is 0.303 e. The molecule has 0 amide bonds. The summed E-state index contributed by atoms with van der Waals surface area (Å²) in [4.78, 5) is 15.9. The van der Waals surface area contributed by atoms with Gasteiger partial charge in [0.15, 0.2) is 0 Å². The van der Waals surface area contributed by atoms with Crippen molar-refractivity contribution in [3.63, 3.8) is 0 Å². The van der Waals surface area contributed by atoms with Crippen molar-refractivity contribution in [2.75, 3.05) is 11.3 Å². The first-order valence-corrected chi connectivity index (χ1v) is 14.9. The summed E-state index contributed by atoms with van der Waals surface area (Å²) in [6, 6.07) is 29.9. The molecule has 0 aliphatic heterocycles. The Morgan fingerprint density at radius 3 is 2.34 bits per heavy atom. The number of anilines is 1. The van der Waals surface area contributed by atoms with E-state index < -0.39 is 16.0 Å². The molecule has 1 heterocycles. The summed E-state index contributed by atoms with van der Waals surface area (Å²) in [6.45, 7) is 2.14. The van der Waals surface area contributed by atoms with Gasteiger partial charge in [-0.2, -0.15) is 0 Å². The fraction of sp³-hybridized carbons (Fsp3) is 0.188. The van der Waals surface area contributed by atoms with E-state index in [-0.39, 0.29) is 17.0 Å². The highest BCUT2D eigenvalue weighted by molar-refractivity contribution is 7.92. The molecule has 0 aliphatic carbocycles. The van der Waals surface area contributed by atoms with E-state index in [4.69, 9.17) is 14.8 Å². The second-order valence-corrected chi connectivity index (χ2v) is 11.5. The summed E-state index contributed by atoms with van der Waals surface area (Å²) in [5.41, 5.74) is 4.28. The molecule has 0 radical (unpaired) electrons. The van der Waals surface area contributed by atoms with Gasteiger partial charge in [0.2, 0.25) is 0 Å². The van der Waals surface area contributed by atoms with E-state index in [1.807, 2.05) is 84.3 Å². The second kappa shape index (κ2) is 12.3. The SMILES string of the molecule is Cc1cccc(S(=O)(=O)Nc2cc3nc(-c4ccccc4)n(-c4ccccc4)c3cc2OCCCCCC(=O)O)c1. The number of carboxylic acids is 1. The number of aryl methyl sites for hydroxylation is 1. The van der Waals surface area contributed by atoms with E-state index in [0.717, 1.165) is 22.3 Å². The van der Waals surface area contributed by atoms with Gasteiger partial charge in [-0.3, -0.25) is 14.1 Å². The average molecular weight is 570 g/mol. The highest BCUT2D eigenvalue weighted by atomic mass is 32.2. The number of aromatic nitrogens is 2. The number of fused-ring (bicyclic) bond motifs is 1. The molecule has 0 bridgehead atoms. The van der Waals surface area contributed by atoms with E-state index in [1.54, 1.807) is 24.3 Å². The first kappa shape index (κ1) is 27.9. The van der Waals surface area contributed by atoms with Crippen LogP contribution >= 0.6 is 0 Å². The van der Waals surface area contributed by atoms with E-state index in [0.29, 0.717) is 43.0 Å². The Balaban J connectivity index is 1.59. The molecule has 1 aromatic heterocycles. The zero-order valence-electron chi connectivity index (χ0n) is 22.7. The van der Waals surface area contributed by atoms with E-state index in [2.05, 4.69) is 4.72 Å². The molecule has 5 rings (SSSR count). The molecule has 0 fully saturated rings. The number of carboxylic acid groups (broad SMARTS) is 1. The van der Waals surface area contributed by atoms with Gasteiger partial charge in [-0.1, -0.05) is 60.7 Å². The van der Waals surface area contributed by atoms with Gasteiger partial charge in [0.05, 0.1) is 28.2 Å². The first-order valence-electron chi connectivity index (χ1n) is 13.4. The van der Waals surface area contributed by atoms with Gasteiger partial charge < -0.3 is 9.84 Å². The lowest BCUT2D eigenvalue weighted by molar-refractivity contribution is -0.137. The topological polar surface area (TPSA) is 111 Å². The maximum atomic E-state index is 13.4. The molecular formula is C32H31N3O5S. The fourth-order valence-electron chi connectivity index (χ4n) is 4.65. The van der Waals surface area contributed by atoms with Crippen LogP contribution in [0.2, 0.25) is 0 Å². The van der Waals surface area contributed by atoms with Crippen LogP contribution in [0.3, 0.4) is 0 Å². The number of carbonyl (C=O) groups is 1. The Bertz CT molecular complexity index is 1770. The predicted octanol–water partition coefficient (Wildman–Crippen LogP) is 6.83. The molecule has 0 saturated heterocycles. The summed E-state index contributed by atoms with van der Waals surface area (Å²) in [5, 5.41) is 8.90. The number of nitrogens with zero attached hydrogens (tertiary/aromatic N) is 2. The van der Waals surface area contributed by atoms with Crippen molar-refractivity contribution in [2.24, 2.45) is 0 Å². The van der Waals surface area contributed by atoms with Crippen LogP contribution in [-0.4, -0.2) is 35.7 Å². The zero-order valence-corrected chi connectivity index (χ0v) is 23.5. The molecule has 5 aromatic rings. The van der Waals surface area contributed by atoms with Crippen LogP contribution in [0, 0.1) is 6.92 Å². The van der Waals surface area contributed by atoms with E-state index in [9.17, 15) is 13.2 Å². The molecule has 4 aromatic carbocycles. The van der Waals surface area contributed by atoms with Crippen molar-refractivity contribution in [1.29, 1.82) is 0 Å². The van der Waals surface area contributed by atoms with Crippen LogP contribution in [0.4, 0.5) is 5.69 Å². The third-order valence-electron chi connectivity index (χ3n) is 6.64. The van der Waals surface area contributed by atoms with Crippen molar-refractivity contribution in [3.8, 4) is 22.8 Å². The Labute approximate surface area is 239 Å². The minimum Gasteiger partial charge on any atom is -0.491 e. The number of hydrogen-bond acceptors (Lipinski definition) is 5. The third-order valence-corrected chi connectivity index (χ3v) is 8.00. The summed E-state index contributed by atoms with van der Waals surface area (Å²) >= 11 is 0. The Morgan fingerprint density at radius 2 is 1.63 bits per heavy atom. The summed E-state index contributed by atoms with van der Waals surface area (Å²) in [6.07, 6.45) is 1.96. The maximum Gasteiger partial charge on any atom is 0.303 e. The number of ether oxygens (including phenoxy) is 1. The summed E-state index contributed by atoms with van der Waals surface area (Å²) < 4.78 is 37.7. The lowest BCUT2D eigenvalue weighted by Crippen LogP contribution is -2.14. The number of imidazole rings is 1. The molecule has 0 saturated carbocycles. The Hall–Kier alpha value is -4.63. The number of nitrogens with one attached hydrogen (secondary N) is 1. The largest absolute Gasteiger partial charge is 0.491 e. The Morgan fingerprint density at radius 1 is 0.902 bits per heavy atom. The number of sulfonamides is 1. The van der Waals surface area contributed by atoms with Gasteiger partial charge in [-0.15, -0.1) is 0 Å². The summed E-state index contributed by atoms with van der Waals surface area (Å²) in [5.74, 6) is 0.251. The van der Waals surface area contributed by atoms with Gasteiger partial charge in [0.1, 0.15) is 11.6 Å². The highest BCUT2D eigenvalue weighted by Crippen LogP contribution is 2.36. The minimum absolute atomic E-state index is 0.103. The minimum atomic E-state index is -3.91. The molecule has 9 heteroatoms. The van der Waals surface area contributed by atoms with Gasteiger partial charge >= 0.3 is 5.97 Å². The maximum absolute atomic E-state index is 13.4. The number of unbranched alkanes of at least 4 members (excludes halogenated alkanes) is 2. The zero-order chi connectivity index (χ0) is 28.8. The fourth-order valence-corrected chi connectivity index (χ4v) is 5.81. The lowest BCUT2D eigenvalue weighted by Gasteiger charge is -2.15. The normalized spacial score (nSPS) is 11.4. The molecule has 41 heavy (non-hydrogen) atoms. The van der Waals surface area contributed by atoms with E-state index in [1.165, 1.54) is 0 Å². The lowest BCUT2D eigenvalue weighted by atomic mass is 10.2. The second-order valence-electron chi connectivity index (χ2n) is 9.78. The molecule has 8 nitrogen and oxygen atoms in total. The van der Waals surface area contributed by atoms with Crippen LogP contribution in [-0.2, 0) is 14.8 Å². The summed E-state index contributed by atoms with van der Waals surface area (Å²) in [7, 11) is -3.91. The third kappa shape index (κ3) is 6.58. The highest BCUT2D eigenvalue weighted by Gasteiger charge is 2.21. The molecule has 2 N–H and O–H groups in total. The van der Waals surface area contributed by atoms with E-state index >= 15 is 0 Å². The molecule has 0 aliphatic rings. The van der Waals surface area contributed by atoms with Crippen molar-refractivity contribution < 1.29 is 23.1 Å². The van der Waals surface area contributed by atoms with Crippen molar-refractivity contribution in [1.82, 2.24) is 9.55 Å². The van der Waals surface area contributed by atoms with Crippen molar-refractivity contribution in [2.45, 2.75) is 37.5 Å². The average Bonchev–Trinajstić information content (AvgIpc) is 3.33. The predicted molar refractivity (Wildman–Crippen MR) is 160 cm³/mol. The molecule has 0 atom stereocenters. The molecule has 210 valence electrons. The van der Waals surface area contributed by atoms with Crippen molar-refractivity contribution >= 4 is 32.7 Å². The van der Waals surface area contributed by atoms with Crippen LogP contribution in [0.5, 0.6) is 5.75 Å². The number of rotatable bonds is 12. The van der Waals surface area contributed by atoms with Crippen molar-refractivity contribution in [3.05, 3.63) is 103 Å². The number of aliphatic carboxylic acids is 1. The first-order chi connectivity index (χ1) is 19.8. The molecule has 0 unspecified atom stereocenters. The van der Waals surface area contributed by atoms with Gasteiger partial charge in [-0.25, -0.2) is 13.4 Å². The quantitative estimate of drug-likeness (QED) is 0.159. The van der Waals surface area contributed by atoms with Crippen LogP contribution in [0.15, 0.2) is 102 Å². The Kier molecular flexibility index (Phi) is 8.35. The van der Waals surface area contributed by atoms with Crippen LogP contribution < -0.4 is 9.46 Å². The van der Waals surface area contributed by atoms with Gasteiger partial charge in [0.25, 0.3) is 10.0 Å². The number of benzene rings is 4. The van der Waals surface area contributed by atoms with Crippen LogP contribution in [0.1, 0.15) is 31.2 Å². The van der Waals surface area contributed by atoms with Gasteiger partial charge in [-0.05, 0) is 62.1 Å². The molecular weight excluding hydrogens is 538 g/mol.